The van der Waals surface area contributed by atoms with Crippen LogP contribution in [-0.4, -0.2) is 34.3 Å². The minimum Gasteiger partial charge on any atom is -0.477 e. The molecule has 1 aliphatic carbocycles. The number of aliphatic hydroxyl groups is 1. The van der Waals surface area contributed by atoms with Gasteiger partial charge in [0.05, 0.1) is 11.9 Å². The summed E-state index contributed by atoms with van der Waals surface area (Å²) < 4.78 is 0. The monoisotopic (exact) mass is 250 g/mol. The van der Waals surface area contributed by atoms with Crippen LogP contribution in [0.25, 0.3) is 0 Å². The molecule has 1 heterocycles. The van der Waals surface area contributed by atoms with Crippen molar-refractivity contribution in [2.24, 2.45) is 11.8 Å². The predicted octanol–water partition coefficient (Wildman–Crippen LogP) is 1.60. The molecule has 2 rings (SSSR count). The first-order chi connectivity index (χ1) is 8.70. The Balaban J connectivity index is 1.88. The molecule has 2 atom stereocenters. The Kier molecular flexibility index (Phi) is 4.15. The lowest BCUT2D eigenvalue weighted by Gasteiger charge is -2.18. The summed E-state index contributed by atoms with van der Waals surface area (Å²) in [5.74, 6) is -0.129. The number of aromatic carboxylic acids is 1. The number of hydrogen-bond donors (Lipinski definition) is 3. The molecule has 1 aromatic heterocycles. The summed E-state index contributed by atoms with van der Waals surface area (Å²) >= 11 is 0. The Labute approximate surface area is 106 Å². The number of hydrogen-bond acceptors (Lipinski definition) is 4. The molecule has 0 bridgehead atoms. The highest BCUT2D eigenvalue weighted by Crippen LogP contribution is 2.31. The Morgan fingerprint density at radius 2 is 2.17 bits per heavy atom. The van der Waals surface area contributed by atoms with Gasteiger partial charge in [0.1, 0.15) is 5.69 Å². The number of aromatic nitrogens is 1. The van der Waals surface area contributed by atoms with Crippen LogP contribution in [0.4, 0.5) is 5.69 Å². The highest BCUT2D eigenvalue weighted by atomic mass is 16.4. The molecule has 1 aromatic rings. The van der Waals surface area contributed by atoms with Crippen molar-refractivity contribution in [3.63, 3.8) is 0 Å². The van der Waals surface area contributed by atoms with E-state index < -0.39 is 5.97 Å². The van der Waals surface area contributed by atoms with Crippen molar-refractivity contribution in [2.75, 3.05) is 18.5 Å². The fourth-order valence-corrected chi connectivity index (χ4v) is 2.50. The summed E-state index contributed by atoms with van der Waals surface area (Å²) in [4.78, 5) is 14.5. The summed E-state index contributed by atoms with van der Waals surface area (Å²) in [6, 6.07) is 3.21. The number of carboxylic acids is 1. The third-order valence-corrected chi connectivity index (χ3v) is 3.60. The summed E-state index contributed by atoms with van der Waals surface area (Å²) in [7, 11) is 0. The topological polar surface area (TPSA) is 82.5 Å². The largest absolute Gasteiger partial charge is 0.477 e. The van der Waals surface area contributed by atoms with Crippen molar-refractivity contribution in [3.05, 3.63) is 24.0 Å². The lowest BCUT2D eigenvalue weighted by atomic mass is 9.97. The Bertz CT molecular complexity index is 405. The van der Waals surface area contributed by atoms with Crippen molar-refractivity contribution in [1.29, 1.82) is 0 Å². The van der Waals surface area contributed by atoms with E-state index in [1.165, 1.54) is 18.7 Å². The predicted molar refractivity (Wildman–Crippen MR) is 67.6 cm³/mol. The summed E-state index contributed by atoms with van der Waals surface area (Å²) in [5.41, 5.74) is 0.873. The summed E-state index contributed by atoms with van der Waals surface area (Å²) in [6.07, 6.45) is 4.94. The number of rotatable bonds is 5. The average Bonchev–Trinajstić information content (AvgIpc) is 2.84. The van der Waals surface area contributed by atoms with Crippen LogP contribution in [0.2, 0.25) is 0 Å². The van der Waals surface area contributed by atoms with Crippen molar-refractivity contribution in [3.8, 4) is 0 Å². The van der Waals surface area contributed by atoms with Crippen molar-refractivity contribution in [2.45, 2.75) is 19.3 Å². The highest BCUT2D eigenvalue weighted by Gasteiger charge is 2.26. The number of pyridine rings is 1. The van der Waals surface area contributed by atoms with E-state index >= 15 is 0 Å². The van der Waals surface area contributed by atoms with Crippen molar-refractivity contribution < 1.29 is 15.0 Å². The van der Waals surface area contributed by atoms with E-state index in [1.54, 1.807) is 6.07 Å². The van der Waals surface area contributed by atoms with Crippen LogP contribution in [-0.2, 0) is 0 Å². The third-order valence-electron chi connectivity index (χ3n) is 3.60. The molecule has 1 aliphatic rings. The zero-order valence-electron chi connectivity index (χ0n) is 10.2. The molecule has 3 N–H and O–H groups in total. The molecular formula is C13H18N2O3. The third kappa shape index (κ3) is 2.98. The molecule has 0 saturated heterocycles. The van der Waals surface area contributed by atoms with Crippen LogP contribution in [0.3, 0.4) is 0 Å². The maximum atomic E-state index is 10.7. The van der Waals surface area contributed by atoms with Crippen molar-refractivity contribution in [1.82, 2.24) is 4.98 Å². The zero-order chi connectivity index (χ0) is 13.0. The maximum Gasteiger partial charge on any atom is 0.354 e. The Hall–Kier alpha value is -1.62. The number of nitrogens with one attached hydrogen (secondary N) is 1. The van der Waals surface area contributed by atoms with E-state index in [-0.39, 0.29) is 12.3 Å². The molecule has 0 aromatic carbocycles. The van der Waals surface area contributed by atoms with Gasteiger partial charge in [-0.1, -0.05) is 6.42 Å². The van der Waals surface area contributed by atoms with Gasteiger partial charge in [0.25, 0.3) is 0 Å². The smallest absolute Gasteiger partial charge is 0.354 e. The fraction of sp³-hybridized carbons (Fsp3) is 0.538. The number of aliphatic hydroxyl groups excluding tert-OH is 1. The van der Waals surface area contributed by atoms with Crippen LogP contribution in [0.5, 0.6) is 0 Å². The van der Waals surface area contributed by atoms with Gasteiger partial charge in [-0.2, -0.15) is 0 Å². The molecule has 0 amide bonds. The molecule has 5 nitrogen and oxygen atoms in total. The van der Waals surface area contributed by atoms with Gasteiger partial charge in [0.2, 0.25) is 0 Å². The van der Waals surface area contributed by atoms with Gasteiger partial charge < -0.3 is 15.5 Å². The molecule has 18 heavy (non-hydrogen) atoms. The minimum atomic E-state index is -1.02. The quantitative estimate of drug-likeness (QED) is 0.739. The molecule has 0 aliphatic heterocycles. The zero-order valence-corrected chi connectivity index (χ0v) is 10.2. The first-order valence-corrected chi connectivity index (χ1v) is 6.25. The van der Waals surface area contributed by atoms with E-state index in [0.717, 1.165) is 25.1 Å². The van der Waals surface area contributed by atoms with Crippen LogP contribution in [0.15, 0.2) is 18.3 Å². The first kappa shape index (κ1) is 12.8. The summed E-state index contributed by atoms with van der Waals surface area (Å²) in [5, 5.41) is 21.2. The normalized spacial score (nSPS) is 22.9. The SMILES string of the molecule is O=C(O)c1ccc(NCC2CCCC2CO)cn1. The molecule has 5 heteroatoms. The Morgan fingerprint density at radius 1 is 1.39 bits per heavy atom. The van der Waals surface area contributed by atoms with Crippen molar-refractivity contribution >= 4 is 11.7 Å². The van der Waals surface area contributed by atoms with Gasteiger partial charge in [-0.05, 0) is 36.8 Å². The van der Waals surface area contributed by atoms with Crippen LogP contribution in [0, 0.1) is 11.8 Å². The standard InChI is InChI=1S/C13H18N2O3/c16-8-10-3-1-2-9(10)6-14-11-4-5-12(13(17)18)15-7-11/h4-5,7,9-10,14,16H,1-3,6,8H2,(H,17,18). The van der Waals surface area contributed by atoms with E-state index in [2.05, 4.69) is 10.3 Å². The number of nitrogens with zero attached hydrogens (tertiary/aromatic N) is 1. The number of anilines is 1. The van der Waals surface area contributed by atoms with Crippen LogP contribution in [0.1, 0.15) is 29.8 Å². The molecular weight excluding hydrogens is 232 g/mol. The van der Waals surface area contributed by atoms with E-state index in [1.807, 2.05) is 0 Å². The van der Waals surface area contributed by atoms with Gasteiger partial charge >= 0.3 is 5.97 Å². The molecule has 1 saturated carbocycles. The first-order valence-electron chi connectivity index (χ1n) is 6.25. The number of carboxylic acid groups (broad SMARTS) is 1. The summed E-state index contributed by atoms with van der Waals surface area (Å²) in [6.45, 7) is 1.06. The molecule has 2 unspecified atom stereocenters. The lowest BCUT2D eigenvalue weighted by molar-refractivity contribution is 0.0690. The van der Waals surface area contributed by atoms with Crippen LogP contribution >= 0.6 is 0 Å². The molecule has 0 radical (unpaired) electrons. The van der Waals surface area contributed by atoms with Crippen LogP contribution < -0.4 is 5.32 Å². The van der Waals surface area contributed by atoms with Gasteiger partial charge in [-0.3, -0.25) is 0 Å². The Morgan fingerprint density at radius 3 is 2.78 bits per heavy atom. The van der Waals surface area contributed by atoms with Gasteiger partial charge in [0.15, 0.2) is 0 Å². The van der Waals surface area contributed by atoms with Gasteiger partial charge in [-0.25, -0.2) is 9.78 Å². The fourth-order valence-electron chi connectivity index (χ4n) is 2.50. The molecule has 1 fully saturated rings. The second-order valence-electron chi connectivity index (χ2n) is 4.75. The minimum absolute atomic E-state index is 0.0506. The highest BCUT2D eigenvalue weighted by molar-refractivity contribution is 5.85. The van der Waals surface area contributed by atoms with E-state index in [9.17, 15) is 9.90 Å². The molecule has 0 spiro atoms. The van der Waals surface area contributed by atoms with Gasteiger partial charge in [-0.15, -0.1) is 0 Å². The second kappa shape index (κ2) is 5.82. The van der Waals surface area contributed by atoms with E-state index in [4.69, 9.17) is 5.11 Å². The molecule has 98 valence electrons. The average molecular weight is 250 g/mol. The van der Waals surface area contributed by atoms with Gasteiger partial charge in [0, 0.05) is 13.2 Å². The maximum absolute atomic E-state index is 10.7. The lowest BCUT2D eigenvalue weighted by Crippen LogP contribution is -2.20. The number of carbonyl (C=O) groups is 1. The van der Waals surface area contributed by atoms with E-state index in [0.29, 0.717) is 11.8 Å². The second-order valence-corrected chi connectivity index (χ2v) is 4.75.